The van der Waals surface area contributed by atoms with Crippen molar-refractivity contribution >= 4 is 17.5 Å². The number of nitrogens with zero attached hydrogens (tertiary/aromatic N) is 1. The number of hydrogen-bond donors (Lipinski definition) is 0. The number of Topliss-reactive ketones (excluding diaryl/α,β-unsaturated/α-hetero) is 2. The predicted molar refractivity (Wildman–Crippen MR) is 85.4 cm³/mol. The number of hydroxylamine groups is 2. The van der Waals surface area contributed by atoms with Gasteiger partial charge >= 0.3 is 5.97 Å². The second kappa shape index (κ2) is 7.04. The van der Waals surface area contributed by atoms with Crippen molar-refractivity contribution in [1.82, 2.24) is 5.06 Å². The van der Waals surface area contributed by atoms with Crippen LogP contribution >= 0.6 is 0 Å². The molecule has 1 aliphatic rings. The Bertz CT molecular complexity index is 589. The van der Waals surface area contributed by atoms with Crippen LogP contribution in [0.1, 0.15) is 32.8 Å². The van der Waals surface area contributed by atoms with Gasteiger partial charge in [0.25, 0.3) is 0 Å². The van der Waals surface area contributed by atoms with Crippen LogP contribution in [0.4, 0.5) is 0 Å². The highest BCUT2D eigenvalue weighted by Crippen LogP contribution is 2.21. The molecule has 0 spiro atoms. The third-order valence-electron chi connectivity index (χ3n) is 3.82. The maximum Gasteiger partial charge on any atom is 0.330 e. The fourth-order valence-electron chi connectivity index (χ4n) is 2.34. The third kappa shape index (κ3) is 4.73. The summed E-state index contributed by atoms with van der Waals surface area (Å²) in [5.41, 5.74) is 0.263. The van der Waals surface area contributed by atoms with Crippen LogP contribution in [-0.2, 0) is 25.6 Å². The maximum atomic E-state index is 12.4. The smallest absolute Gasteiger partial charge is 0.330 e. The van der Waals surface area contributed by atoms with E-state index in [-0.39, 0.29) is 36.9 Å². The summed E-state index contributed by atoms with van der Waals surface area (Å²) in [4.78, 5) is 41.8. The summed E-state index contributed by atoms with van der Waals surface area (Å²) in [6.45, 7) is 5.79. The van der Waals surface area contributed by atoms with E-state index < -0.39 is 11.3 Å². The van der Waals surface area contributed by atoms with Crippen molar-refractivity contribution in [3.8, 4) is 0 Å². The molecular formula is C18H23NO4. The van der Waals surface area contributed by atoms with Gasteiger partial charge in [0.15, 0.2) is 0 Å². The van der Waals surface area contributed by atoms with Crippen LogP contribution in [0.5, 0.6) is 0 Å². The number of benzene rings is 1. The van der Waals surface area contributed by atoms with Gasteiger partial charge in [0.05, 0.1) is 17.9 Å². The third-order valence-corrected chi connectivity index (χ3v) is 3.82. The Kier molecular flexibility index (Phi) is 5.31. The van der Waals surface area contributed by atoms with Gasteiger partial charge in [-0.3, -0.25) is 9.59 Å². The minimum Gasteiger partial charge on any atom is -0.367 e. The van der Waals surface area contributed by atoms with Crippen molar-refractivity contribution in [3.05, 3.63) is 35.9 Å². The summed E-state index contributed by atoms with van der Waals surface area (Å²) in [5.74, 6) is -1.29. The number of ketones is 2. The first-order valence-electron chi connectivity index (χ1n) is 7.84. The molecule has 0 aliphatic carbocycles. The Morgan fingerprint density at radius 2 is 1.87 bits per heavy atom. The summed E-state index contributed by atoms with van der Waals surface area (Å²) in [6.07, 6.45) is 0.445. The van der Waals surface area contributed by atoms with Crippen molar-refractivity contribution in [1.29, 1.82) is 0 Å². The molecule has 1 unspecified atom stereocenters. The molecule has 23 heavy (non-hydrogen) atoms. The molecule has 0 bridgehead atoms. The van der Waals surface area contributed by atoms with Crippen molar-refractivity contribution in [2.45, 2.75) is 33.6 Å². The van der Waals surface area contributed by atoms with Gasteiger partial charge in [-0.25, -0.2) is 4.79 Å². The quantitative estimate of drug-likeness (QED) is 0.797. The number of carbonyl (C=O) groups is 3. The van der Waals surface area contributed by atoms with E-state index in [1.807, 2.05) is 30.3 Å². The summed E-state index contributed by atoms with van der Waals surface area (Å²) in [5, 5.41) is 1.45. The van der Waals surface area contributed by atoms with Crippen molar-refractivity contribution < 1.29 is 19.2 Å². The first-order valence-corrected chi connectivity index (χ1v) is 7.84. The van der Waals surface area contributed by atoms with Crippen molar-refractivity contribution in [3.63, 3.8) is 0 Å². The van der Waals surface area contributed by atoms with Gasteiger partial charge in [-0.2, -0.15) is 0 Å². The monoisotopic (exact) mass is 317 g/mol. The van der Waals surface area contributed by atoms with Gasteiger partial charge < -0.3 is 4.84 Å². The zero-order valence-electron chi connectivity index (χ0n) is 13.9. The van der Waals surface area contributed by atoms with E-state index in [1.54, 1.807) is 20.8 Å². The Labute approximate surface area is 136 Å². The molecule has 0 saturated carbocycles. The van der Waals surface area contributed by atoms with E-state index in [2.05, 4.69) is 0 Å². The van der Waals surface area contributed by atoms with Crippen LogP contribution in [0.3, 0.4) is 0 Å². The molecule has 0 amide bonds. The molecule has 1 saturated heterocycles. The normalized spacial score (nSPS) is 19.4. The van der Waals surface area contributed by atoms with Gasteiger partial charge in [0.2, 0.25) is 0 Å². The molecule has 1 heterocycles. The molecule has 124 valence electrons. The van der Waals surface area contributed by atoms with Crippen LogP contribution in [0, 0.1) is 11.3 Å². The van der Waals surface area contributed by atoms with Crippen molar-refractivity contribution in [2.24, 2.45) is 11.3 Å². The van der Waals surface area contributed by atoms with Crippen LogP contribution < -0.4 is 0 Å². The molecule has 1 atom stereocenters. The fourth-order valence-corrected chi connectivity index (χ4v) is 2.34. The van der Waals surface area contributed by atoms with E-state index in [1.165, 1.54) is 5.06 Å². The van der Waals surface area contributed by atoms with Gasteiger partial charge in [0, 0.05) is 19.4 Å². The lowest BCUT2D eigenvalue weighted by Crippen LogP contribution is -2.46. The Hall–Kier alpha value is -2.01. The molecule has 2 rings (SSSR count). The highest BCUT2D eigenvalue weighted by Gasteiger charge is 2.35. The van der Waals surface area contributed by atoms with Crippen LogP contribution in [0.25, 0.3) is 0 Å². The van der Waals surface area contributed by atoms with Gasteiger partial charge in [-0.1, -0.05) is 30.3 Å². The first kappa shape index (κ1) is 17.3. The molecule has 1 aliphatic heterocycles. The highest BCUT2D eigenvalue weighted by molar-refractivity contribution is 6.03. The second-order valence-electron chi connectivity index (χ2n) is 6.91. The van der Waals surface area contributed by atoms with Gasteiger partial charge in [-0.05, 0) is 26.3 Å². The second-order valence-corrected chi connectivity index (χ2v) is 6.91. The van der Waals surface area contributed by atoms with E-state index in [4.69, 9.17) is 4.84 Å². The Balaban J connectivity index is 1.99. The summed E-state index contributed by atoms with van der Waals surface area (Å²) >= 11 is 0. The van der Waals surface area contributed by atoms with Gasteiger partial charge in [-0.15, -0.1) is 5.06 Å². The number of carbonyl (C=O) groups excluding carboxylic acids is 3. The lowest BCUT2D eigenvalue weighted by molar-refractivity contribution is -0.207. The molecule has 1 aromatic rings. The Morgan fingerprint density at radius 3 is 2.48 bits per heavy atom. The Morgan fingerprint density at radius 1 is 1.22 bits per heavy atom. The zero-order chi connectivity index (χ0) is 17.0. The van der Waals surface area contributed by atoms with E-state index >= 15 is 0 Å². The molecule has 0 N–H and O–H groups in total. The molecule has 1 aromatic carbocycles. The minimum absolute atomic E-state index is 0.0750. The van der Waals surface area contributed by atoms with E-state index in [9.17, 15) is 14.4 Å². The van der Waals surface area contributed by atoms with Crippen LogP contribution in [-0.4, -0.2) is 35.7 Å². The highest BCUT2D eigenvalue weighted by atomic mass is 16.7. The average molecular weight is 317 g/mol. The van der Waals surface area contributed by atoms with E-state index in [0.29, 0.717) is 6.54 Å². The zero-order valence-corrected chi connectivity index (χ0v) is 13.9. The average Bonchev–Trinajstić information content (AvgIpc) is 2.49. The number of piperidine rings is 1. The minimum atomic E-state index is -0.725. The molecule has 0 radical (unpaired) electrons. The summed E-state index contributed by atoms with van der Waals surface area (Å²) < 4.78 is 0. The molecular weight excluding hydrogens is 294 g/mol. The molecule has 1 fully saturated rings. The molecule has 5 heteroatoms. The predicted octanol–water partition coefficient (Wildman–Crippen LogP) is 2.19. The van der Waals surface area contributed by atoms with Gasteiger partial charge in [0.1, 0.15) is 11.6 Å². The lowest BCUT2D eigenvalue weighted by Gasteiger charge is -2.31. The summed E-state index contributed by atoms with van der Waals surface area (Å²) in [7, 11) is 0. The largest absolute Gasteiger partial charge is 0.367 e. The van der Waals surface area contributed by atoms with Crippen molar-refractivity contribution in [2.75, 3.05) is 13.1 Å². The van der Waals surface area contributed by atoms with Crippen LogP contribution in [0.2, 0.25) is 0 Å². The first-order chi connectivity index (χ1) is 10.8. The standard InChI is InChI=1S/C18H23NO4/c1-18(2,3)17(22)23-19-10-9-15(20)14(12-19)16(21)11-13-7-5-4-6-8-13/h4-8,14H,9-12H2,1-3H3. The molecule has 0 aromatic heterocycles. The lowest BCUT2D eigenvalue weighted by atomic mass is 9.90. The van der Waals surface area contributed by atoms with Crippen LogP contribution in [0.15, 0.2) is 30.3 Å². The van der Waals surface area contributed by atoms with E-state index in [0.717, 1.165) is 5.56 Å². The summed E-state index contributed by atoms with van der Waals surface area (Å²) in [6, 6.07) is 9.34. The maximum absolute atomic E-state index is 12.4. The fraction of sp³-hybridized carbons (Fsp3) is 0.500. The molecule has 5 nitrogen and oxygen atoms in total. The topological polar surface area (TPSA) is 63.7 Å². The number of hydrogen-bond acceptors (Lipinski definition) is 5. The number of rotatable bonds is 4. The SMILES string of the molecule is CC(C)(C)C(=O)ON1CCC(=O)C(C(=O)Cc2ccccc2)C1.